The van der Waals surface area contributed by atoms with E-state index in [-0.39, 0.29) is 11.3 Å². The third kappa shape index (κ3) is 4.33. The van der Waals surface area contributed by atoms with E-state index in [4.69, 9.17) is 21.1 Å². The number of hydrogen-bond acceptors (Lipinski definition) is 5. The van der Waals surface area contributed by atoms with Crippen LogP contribution in [0.1, 0.15) is 61.3 Å². The van der Waals surface area contributed by atoms with Crippen LogP contribution in [0, 0.1) is 5.41 Å². The summed E-state index contributed by atoms with van der Waals surface area (Å²) in [5.41, 5.74) is 4.09. The third-order valence-electron chi connectivity index (χ3n) is 6.20. The SMILES string of the molecule is CC(C)(C)Cc1noc2nc(C3CC3)cc(C(=O)N3CCN(c4cccc(Cl)c4)CC3)c12. The van der Waals surface area contributed by atoms with Gasteiger partial charge in [0.15, 0.2) is 0 Å². The first-order valence-corrected chi connectivity index (χ1v) is 11.8. The second-order valence-corrected chi connectivity index (χ2v) is 10.6. The first-order chi connectivity index (χ1) is 15.3. The molecule has 2 fully saturated rings. The number of hydrogen-bond donors (Lipinski definition) is 0. The average Bonchev–Trinajstić information content (AvgIpc) is 3.54. The van der Waals surface area contributed by atoms with Crippen molar-refractivity contribution in [1.82, 2.24) is 15.0 Å². The zero-order valence-electron chi connectivity index (χ0n) is 18.9. The van der Waals surface area contributed by atoms with Gasteiger partial charge in [0.2, 0.25) is 0 Å². The van der Waals surface area contributed by atoms with E-state index in [1.54, 1.807) is 0 Å². The van der Waals surface area contributed by atoms with E-state index in [9.17, 15) is 4.79 Å². The van der Waals surface area contributed by atoms with Crippen molar-refractivity contribution in [2.24, 2.45) is 5.41 Å². The lowest BCUT2D eigenvalue weighted by molar-refractivity contribution is 0.0748. The van der Waals surface area contributed by atoms with Gasteiger partial charge >= 0.3 is 0 Å². The monoisotopic (exact) mass is 452 g/mol. The minimum atomic E-state index is 0.0296. The number of carbonyl (C=O) groups excluding carboxylic acids is 1. The molecule has 0 atom stereocenters. The Kier molecular flexibility index (Phi) is 5.36. The third-order valence-corrected chi connectivity index (χ3v) is 6.44. The number of piperazine rings is 1. The molecule has 1 aromatic carbocycles. The maximum Gasteiger partial charge on any atom is 0.259 e. The van der Waals surface area contributed by atoms with Crippen LogP contribution in [0.3, 0.4) is 0 Å². The largest absolute Gasteiger partial charge is 0.368 e. The predicted octanol–water partition coefficient (Wildman–Crippen LogP) is 5.30. The zero-order chi connectivity index (χ0) is 22.5. The molecule has 1 amide bonds. The van der Waals surface area contributed by atoms with Crippen molar-refractivity contribution in [3.05, 3.63) is 52.3 Å². The number of benzene rings is 1. The van der Waals surface area contributed by atoms with E-state index in [0.29, 0.717) is 30.3 Å². The fourth-order valence-corrected chi connectivity index (χ4v) is 4.60. The van der Waals surface area contributed by atoms with Gasteiger partial charge in [0.1, 0.15) is 0 Å². The summed E-state index contributed by atoms with van der Waals surface area (Å²) in [6, 6.07) is 9.88. The normalized spacial score (nSPS) is 17.2. The Labute approximate surface area is 193 Å². The molecule has 0 bridgehead atoms. The minimum Gasteiger partial charge on any atom is -0.368 e. The standard InChI is InChI=1S/C25H29ClN4O2/c1-25(2,3)15-21-22-19(14-20(16-7-8-16)27-23(22)32-28-21)24(31)30-11-9-29(10-12-30)18-6-4-5-17(26)13-18/h4-6,13-14,16H,7-12,15H2,1-3H3. The van der Waals surface area contributed by atoms with E-state index in [0.717, 1.165) is 59.8 Å². The Morgan fingerprint density at radius 2 is 1.91 bits per heavy atom. The summed E-state index contributed by atoms with van der Waals surface area (Å²) in [6.07, 6.45) is 2.97. The van der Waals surface area contributed by atoms with Crippen molar-refractivity contribution in [3.63, 3.8) is 0 Å². The van der Waals surface area contributed by atoms with E-state index < -0.39 is 0 Å². The van der Waals surface area contributed by atoms with E-state index >= 15 is 0 Å². The van der Waals surface area contributed by atoms with Gasteiger partial charge in [-0.05, 0) is 48.9 Å². The van der Waals surface area contributed by atoms with Gasteiger partial charge in [-0.15, -0.1) is 0 Å². The van der Waals surface area contributed by atoms with Crippen LogP contribution in [0.4, 0.5) is 5.69 Å². The lowest BCUT2D eigenvalue weighted by Crippen LogP contribution is -2.48. The number of fused-ring (bicyclic) bond motifs is 1. The maximum absolute atomic E-state index is 13.7. The van der Waals surface area contributed by atoms with Gasteiger partial charge in [-0.3, -0.25) is 4.79 Å². The molecule has 1 saturated carbocycles. The van der Waals surface area contributed by atoms with Crippen molar-refractivity contribution in [2.45, 2.75) is 46.0 Å². The van der Waals surface area contributed by atoms with Crippen LogP contribution in [-0.4, -0.2) is 47.1 Å². The van der Waals surface area contributed by atoms with Gasteiger partial charge < -0.3 is 14.3 Å². The molecule has 1 saturated heterocycles. The van der Waals surface area contributed by atoms with Crippen molar-refractivity contribution < 1.29 is 9.32 Å². The van der Waals surface area contributed by atoms with Crippen molar-refractivity contribution in [3.8, 4) is 0 Å². The Morgan fingerprint density at radius 1 is 1.16 bits per heavy atom. The Morgan fingerprint density at radius 3 is 2.56 bits per heavy atom. The zero-order valence-corrected chi connectivity index (χ0v) is 19.7. The summed E-state index contributed by atoms with van der Waals surface area (Å²) in [5.74, 6) is 0.477. The second kappa shape index (κ2) is 8.07. The molecular formula is C25H29ClN4O2. The molecule has 3 heterocycles. The molecular weight excluding hydrogens is 424 g/mol. The lowest BCUT2D eigenvalue weighted by atomic mass is 9.89. The Bertz CT molecular complexity index is 1150. The molecule has 0 radical (unpaired) electrons. The number of nitrogens with zero attached hydrogens (tertiary/aromatic N) is 4. The van der Waals surface area contributed by atoms with Crippen LogP contribution in [0.2, 0.25) is 5.02 Å². The maximum atomic E-state index is 13.7. The van der Waals surface area contributed by atoms with Crippen molar-refractivity contribution in [2.75, 3.05) is 31.1 Å². The fourth-order valence-electron chi connectivity index (χ4n) is 4.42. The number of carbonyl (C=O) groups is 1. The van der Waals surface area contributed by atoms with Crippen molar-refractivity contribution in [1.29, 1.82) is 0 Å². The van der Waals surface area contributed by atoms with Gasteiger partial charge in [-0.1, -0.05) is 43.6 Å². The summed E-state index contributed by atoms with van der Waals surface area (Å²) in [7, 11) is 0. The fraction of sp³-hybridized carbons (Fsp3) is 0.480. The number of anilines is 1. The van der Waals surface area contributed by atoms with Crippen LogP contribution >= 0.6 is 11.6 Å². The van der Waals surface area contributed by atoms with Crippen LogP contribution < -0.4 is 4.90 Å². The summed E-state index contributed by atoms with van der Waals surface area (Å²) in [6.45, 7) is 9.35. The number of halogens is 1. The van der Waals surface area contributed by atoms with Gasteiger partial charge in [0.05, 0.1) is 16.6 Å². The van der Waals surface area contributed by atoms with E-state index in [2.05, 4.69) is 36.9 Å². The highest BCUT2D eigenvalue weighted by Gasteiger charge is 2.32. The molecule has 168 valence electrons. The molecule has 0 unspecified atom stereocenters. The Balaban J connectivity index is 1.43. The molecule has 6 nitrogen and oxygen atoms in total. The van der Waals surface area contributed by atoms with E-state index in [1.165, 1.54) is 0 Å². The molecule has 2 aliphatic rings. The quantitative estimate of drug-likeness (QED) is 0.537. The molecule has 3 aromatic rings. The highest BCUT2D eigenvalue weighted by Crippen LogP contribution is 2.41. The number of amides is 1. The van der Waals surface area contributed by atoms with E-state index in [1.807, 2.05) is 29.2 Å². The van der Waals surface area contributed by atoms with Crippen LogP contribution in [0.15, 0.2) is 34.9 Å². The average molecular weight is 453 g/mol. The first-order valence-electron chi connectivity index (χ1n) is 11.4. The molecule has 1 aliphatic carbocycles. The highest BCUT2D eigenvalue weighted by atomic mass is 35.5. The molecule has 1 aliphatic heterocycles. The van der Waals surface area contributed by atoms with Gasteiger partial charge in [-0.25, -0.2) is 4.98 Å². The molecule has 32 heavy (non-hydrogen) atoms. The number of aromatic nitrogens is 2. The van der Waals surface area contributed by atoms with Crippen LogP contribution in [0.5, 0.6) is 0 Å². The predicted molar refractivity (Wildman–Crippen MR) is 127 cm³/mol. The Hall–Kier alpha value is -2.60. The number of pyridine rings is 1. The van der Waals surface area contributed by atoms with Crippen molar-refractivity contribution >= 4 is 34.3 Å². The highest BCUT2D eigenvalue weighted by molar-refractivity contribution is 6.30. The summed E-state index contributed by atoms with van der Waals surface area (Å²) < 4.78 is 5.63. The van der Waals surface area contributed by atoms with Gasteiger partial charge in [0, 0.05) is 48.5 Å². The van der Waals surface area contributed by atoms with Crippen LogP contribution in [0.25, 0.3) is 11.1 Å². The van der Waals surface area contributed by atoms with Gasteiger partial charge in [-0.2, -0.15) is 0 Å². The smallest absolute Gasteiger partial charge is 0.259 e. The minimum absolute atomic E-state index is 0.0296. The van der Waals surface area contributed by atoms with Crippen LogP contribution in [-0.2, 0) is 6.42 Å². The first kappa shape index (κ1) is 21.3. The topological polar surface area (TPSA) is 62.5 Å². The van der Waals surface area contributed by atoms with Gasteiger partial charge in [0.25, 0.3) is 11.6 Å². The molecule has 0 N–H and O–H groups in total. The molecule has 5 rings (SSSR count). The second-order valence-electron chi connectivity index (χ2n) is 10.2. The summed E-state index contributed by atoms with van der Waals surface area (Å²) in [4.78, 5) is 22.6. The molecule has 2 aromatic heterocycles. The number of rotatable bonds is 4. The summed E-state index contributed by atoms with van der Waals surface area (Å²) >= 11 is 6.16. The summed E-state index contributed by atoms with van der Waals surface area (Å²) in [5, 5.41) is 5.83. The molecule has 0 spiro atoms. The molecule has 7 heteroatoms. The lowest BCUT2D eigenvalue weighted by Gasteiger charge is -2.36.